The number of hydrogen-bond donors (Lipinski definition) is 1. The van der Waals surface area contributed by atoms with E-state index in [1.54, 1.807) is 13.2 Å². The van der Waals surface area contributed by atoms with Crippen LogP contribution in [0.15, 0.2) is 47.7 Å². The molecule has 1 saturated heterocycles. The summed E-state index contributed by atoms with van der Waals surface area (Å²) in [6.45, 7) is 4.46. The Balaban J connectivity index is 0.00000225. The molecule has 6 nitrogen and oxygen atoms in total. The molecule has 0 bridgehead atoms. The topological polar surface area (TPSA) is 62.6 Å². The summed E-state index contributed by atoms with van der Waals surface area (Å²) in [6, 6.07) is 9.73. The van der Waals surface area contributed by atoms with Crippen molar-refractivity contribution in [2.24, 2.45) is 4.99 Å². The monoisotopic (exact) mass is 453 g/mol. The molecule has 1 aliphatic heterocycles. The van der Waals surface area contributed by atoms with Crippen LogP contribution in [0, 0.1) is 6.92 Å². The van der Waals surface area contributed by atoms with Gasteiger partial charge in [0.2, 0.25) is 5.88 Å². The van der Waals surface area contributed by atoms with E-state index in [-0.39, 0.29) is 30.1 Å². The van der Waals surface area contributed by atoms with E-state index in [0.717, 1.165) is 31.2 Å². The molecule has 0 aromatic carbocycles. The lowest BCUT2D eigenvalue weighted by molar-refractivity contribution is 0.205. The Morgan fingerprint density at radius 3 is 2.84 bits per heavy atom. The lowest BCUT2D eigenvalue weighted by Gasteiger charge is -2.21. The number of guanidine groups is 1. The van der Waals surface area contributed by atoms with Crippen molar-refractivity contribution in [3.05, 3.63) is 54.0 Å². The van der Waals surface area contributed by atoms with Gasteiger partial charge in [0.25, 0.3) is 0 Å². The van der Waals surface area contributed by atoms with Crippen LogP contribution in [-0.4, -0.2) is 47.1 Å². The third-order valence-corrected chi connectivity index (χ3v) is 4.11. The third-order valence-electron chi connectivity index (χ3n) is 4.11. The number of nitrogens with zero attached hydrogens (tertiary/aromatic N) is 4. The lowest BCUT2D eigenvalue weighted by Crippen LogP contribution is -2.40. The van der Waals surface area contributed by atoms with E-state index in [1.807, 2.05) is 30.5 Å². The Morgan fingerprint density at radius 2 is 2.12 bits per heavy atom. The van der Waals surface area contributed by atoms with Crippen molar-refractivity contribution in [3.63, 3.8) is 0 Å². The number of likely N-dealkylation sites (tertiary alicyclic amines) is 1. The van der Waals surface area contributed by atoms with E-state index in [4.69, 9.17) is 4.74 Å². The van der Waals surface area contributed by atoms with Crippen molar-refractivity contribution < 1.29 is 4.74 Å². The SMILES string of the molecule is CN=C(NCc1ncccc1C)N1CCC(Oc2ccccn2)C1.I. The Kier molecular flexibility index (Phi) is 7.42. The molecule has 7 heteroatoms. The van der Waals surface area contributed by atoms with Gasteiger partial charge in [0, 0.05) is 38.5 Å². The maximum absolute atomic E-state index is 5.93. The molecular weight excluding hydrogens is 429 g/mol. The van der Waals surface area contributed by atoms with Gasteiger partial charge < -0.3 is 15.0 Å². The molecule has 2 aromatic rings. The summed E-state index contributed by atoms with van der Waals surface area (Å²) in [5, 5.41) is 3.40. The second-order valence-corrected chi connectivity index (χ2v) is 5.81. The Bertz CT molecular complexity index is 695. The molecule has 0 aliphatic carbocycles. The van der Waals surface area contributed by atoms with Crippen LogP contribution in [0.4, 0.5) is 0 Å². The molecule has 0 saturated carbocycles. The average Bonchev–Trinajstić information content (AvgIpc) is 3.06. The Labute approximate surface area is 165 Å². The van der Waals surface area contributed by atoms with Gasteiger partial charge in [-0.1, -0.05) is 12.1 Å². The van der Waals surface area contributed by atoms with Crippen LogP contribution in [-0.2, 0) is 6.54 Å². The van der Waals surface area contributed by atoms with Crippen molar-refractivity contribution in [3.8, 4) is 5.88 Å². The molecule has 25 heavy (non-hydrogen) atoms. The third kappa shape index (κ3) is 5.29. The van der Waals surface area contributed by atoms with Gasteiger partial charge in [0.15, 0.2) is 5.96 Å². The Morgan fingerprint density at radius 1 is 1.28 bits per heavy atom. The number of pyridine rings is 2. The minimum atomic E-state index is 0. The molecular formula is C18H24IN5O. The summed E-state index contributed by atoms with van der Waals surface area (Å²) < 4.78 is 5.93. The van der Waals surface area contributed by atoms with Crippen LogP contribution < -0.4 is 10.1 Å². The summed E-state index contributed by atoms with van der Waals surface area (Å²) in [5.41, 5.74) is 2.22. The molecule has 1 unspecified atom stereocenters. The second-order valence-electron chi connectivity index (χ2n) is 5.81. The minimum Gasteiger partial charge on any atom is -0.472 e. The van der Waals surface area contributed by atoms with E-state index < -0.39 is 0 Å². The highest BCUT2D eigenvalue weighted by molar-refractivity contribution is 14.0. The van der Waals surface area contributed by atoms with Crippen LogP contribution in [0.25, 0.3) is 0 Å². The summed E-state index contributed by atoms with van der Waals surface area (Å²) >= 11 is 0. The highest BCUT2D eigenvalue weighted by Gasteiger charge is 2.26. The van der Waals surface area contributed by atoms with E-state index in [2.05, 4.69) is 38.2 Å². The number of nitrogens with one attached hydrogen (secondary N) is 1. The fraction of sp³-hybridized carbons (Fsp3) is 0.389. The average molecular weight is 453 g/mol. The van der Waals surface area contributed by atoms with Crippen LogP contribution in [0.2, 0.25) is 0 Å². The zero-order chi connectivity index (χ0) is 16.8. The van der Waals surface area contributed by atoms with Crippen molar-refractivity contribution in [1.29, 1.82) is 0 Å². The number of ether oxygens (including phenoxy) is 1. The van der Waals surface area contributed by atoms with Crippen LogP contribution >= 0.6 is 24.0 Å². The molecule has 1 fully saturated rings. The fourth-order valence-corrected chi connectivity index (χ4v) is 2.80. The van der Waals surface area contributed by atoms with E-state index in [9.17, 15) is 0 Å². The van der Waals surface area contributed by atoms with Crippen molar-refractivity contribution in [2.75, 3.05) is 20.1 Å². The largest absolute Gasteiger partial charge is 0.472 e. The molecule has 1 atom stereocenters. The van der Waals surface area contributed by atoms with E-state index >= 15 is 0 Å². The number of rotatable bonds is 4. The smallest absolute Gasteiger partial charge is 0.213 e. The summed E-state index contributed by atoms with van der Waals surface area (Å²) in [5.74, 6) is 1.56. The molecule has 0 spiro atoms. The van der Waals surface area contributed by atoms with Gasteiger partial charge in [0.05, 0.1) is 18.8 Å². The second kappa shape index (κ2) is 9.55. The molecule has 1 aliphatic rings. The molecule has 3 heterocycles. The minimum absolute atomic E-state index is 0. The number of aryl methyl sites for hydroxylation is 1. The number of hydrogen-bond acceptors (Lipinski definition) is 4. The highest BCUT2D eigenvalue weighted by Crippen LogP contribution is 2.16. The Hall–Kier alpha value is -1.90. The van der Waals surface area contributed by atoms with Crippen molar-refractivity contribution in [1.82, 2.24) is 20.2 Å². The van der Waals surface area contributed by atoms with Gasteiger partial charge in [-0.15, -0.1) is 24.0 Å². The highest BCUT2D eigenvalue weighted by atomic mass is 127. The molecule has 0 amide bonds. The van der Waals surface area contributed by atoms with Crippen LogP contribution in [0.5, 0.6) is 5.88 Å². The predicted molar refractivity (Wildman–Crippen MR) is 109 cm³/mol. The van der Waals surface area contributed by atoms with Gasteiger partial charge in [-0.05, 0) is 24.6 Å². The first-order valence-electron chi connectivity index (χ1n) is 8.20. The molecule has 2 aromatic heterocycles. The number of halogens is 1. The summed E-state index contributed by atoms with van der Waals surface area (Å²) in [6.07, 6.45) is 4.66. The first kappa shape index (κ1) is 19.4. The molecule has 134 valence electrons. The van der Waals surface area contributed by atoms with Gasteiger partial charge in [-0.25, -0.2) is 4.98 Å². The van der Waals surface area contributed by atoms with E-state index in [0.29, 0.717) is 12.4 Å². The predicted octanol–water partition coefficient (Wildman–Crippen LogP) is 2.63. The first-order chi connectivity index (χ1) is 11.8. The normalized spacial score (nSPS) is 17.1. The summed E-state index contributed by atoms with van der Waals surface area (Å²) in [7, 11) is 1.81. The van der Waals surface area contributed by atoms with Gasteiger partial charge >= 0.3 is 0 Å². The quantitative estimate of drug-likeness (QED) is 0.438. The molecule has 3 rings (SSSR count). The van der Waals surface area contributed by atoms with E-state index in [1.165, 1.54) is 5.56 Å². The van der Waals surface area contributed by atoms with Gasteiger partial charge in [-0.2, -0.15) is 0 Å². The van der Waals surface area contributed by atoms with Gasteiger partial charge in [0.1, 0.15) is 6.10 Å². The van der Waals surface area contributed by atoms with Crippen molar-refractivity contribution in [2.45, 2.75) is 26.0 Å². The van der Waals surface area contributed by atoms with Crippen LogP contribution in [0.1, 0.15) is 17.7 Å². The van der Waals surface area contributed by atoms with Gasteiger partial charge in [-0.3, -0.25) is 9.98 Å². The van der Waals surface area contributed by atoms with Crippen molar-refractivity contribution >= 4 is 29.9 Å². The lowest BCUT2D eigenvalue weighted by atomic mass is 10.2. The first-order valence-corrected chi connectivity index (χ1v) is 8.20. The summed E-state index contributed by atoms with van der Waals surface area (Å²) in [4.78, 5) is 15.2. The number of aromatic nitrogens is 2. The molecule has 1 N–H and O–H groups in total. The maximum Gasteiger partial charge on any atom is 0.213 e. The van der Waals surface area contributed by atoms with Crippen LogP contribution in [0.3, 0.4) is 0 Å². The number of aliphatic imine (C=N–C) groups is 1. The maximum atomic E-state index is 5.93. The molecule has 0 radical (unpaired) electrons. The fourth-order valence-electron chi connectivity index (χ4n) is 2.80. The zero-order valence-corrected chi connectivity index (χ0v) is 16.9. The zero-order valence-electron chi connectivity index (χ0n) is 14.6. The standard InChI is InChI=1S/C18H23N5O.HI/c1-14-6-5-10-20-16(14)12-22-18(19-2)23-11-8-15(13-23)24-17-7-3-4-9-21-17;/h3-7,9-10,15H,8,11-13H2,1-2H3,(H,19,22);1H.